The largest absolute Gasteiger partial charge is 0.388 e. The lowest BCUT2D eigenvalue weighted by atomic mass is 9.93. The molecule has 0 aliphatic carbocycles. The van der Waals surface area contributed by atoms with Crippen LogP contribution < -0.4 is 4.90 Å². The number of nitrogens with zero attached hydrogens (tertiary/aromatic N) is 2. The van der Waals surface area contributed by atoms with E-state index in [1.54, 1.807) is 6.92 Å². The maximum atomic E-state index is 11.1. The van der Waals surface area contributed by atoms with E-state index in [1.807, 2.05) is 0 Å². The fourth-order valence-electron chi connectivity index (χ4n) is 2.24. The second kappa shape index (κ2) is 4.51. The molecule has 2 heterocycles. The highest BCUT2D eigenvalue weighted by Gasteiger charge is 2.34. The van der Waals surface area contributed by atoms with Crippen LogP contribution in [0.25, 0.3) is 0 Å². The normalized spacial score (nSPS) is 20.1. The average Bonchev–Trinajstić information content (AvgIpc) is 2.80. The van der Waals surface area contributed by atoms with Crippen LogP contribution in [0.5, 0.6) is 0 Å². The first-order valence-corrected chi connectivity index (χ1v) is 6.83. The Labute approximate surface area is 110 Å². The first-order valence-electron chi connectivity index (χ1n) is 6.01. The molecule has 6 heteroatoms. The molecule has 1 aromatic heterocycles. The highest BCUT2D eigenvalue weighted by atomic mass is 32.1. The zero-order valence-corrected chi connectivity index (χ0v) is 11.7. The zero-order chi connectivity index (χ0) is 13.5. The van der Waals surface area contributed by atoms with Crippen molar-refractivity contribution in [2.24, 2.45) is 5.41 Å². The molecular formula is C12H18N2O3S. The van der Waals surface area contributed by atoms with Gasteiger partial charge in [0.15, 0.2) is 5.00 Å². The molecule has 18 heavy (non-hydrogen) atoms. The molecule has 5 nitrogen and oxygen atoms in total. The SMILES string of the molecule is CC(O)c1cc([N+](=O)[O-])c(N2CCC(C)(C)C2)s1. The van der Waals surface area contributed by atoms with Gasteiger partial charge in [-0.05, 0) is 18.8 Å². The number of rotatable bonds is 3. The smallest absolute Gasteiger partial charge is 0.304 e. The van der Waals surface area contributed by atoms with E-state index in [4.69, 9.17) is 0 Å². The van der Waals surface area contributed by atoms with E-state index in [1.165, 1.54) is 17.4 Å². The maximum absolute atomic E-state index is 11.1. The third kappa shape index (κ3) is 2.49. The van der Waals surface area contributed by atoms with Gasteiger partial charge in [0.05, 0.1) is 11.0 Å². The summed E-state index contributed by atoms with van der Waals surface area (Å²) in [4.78, 5) is 13.4. The van der Waals surface area contributed by atoms with Gasteiger partial charge in [0.2, 0.25) is 0 Å². The van der Waals surface area contributed by atoms with Crippen molar-refractivity contribution in [1.29, 1.82) is 0 Å². The number of aliphatic hydroxyl groups excluding tert-OH is 1. The molecule has 0 saturated carbocycles. The van der Waals surface area contributed by atoms with E-state index >= 15 is 0 Å². The second-order valence-corrected chi connectivity index (χ2v) is 6.67. The Kier molecular flexibility index (Phi) is 3.33. The lowest BCUT2D eigenvalue weighted by molar-refractivity contribution is -0.383. The van der Waals surface area contributed by atoms with Gasteiger partial charge in [-0.1, -0.05) is 13.8 Å². The Hall–Kier alpha value is -1.14. The van der Waals surface area contributed by atoms with Crippen LogP contribution in [-0.4, -0.2) is 23.1 Å². The molecule has 0 spiro atoms. The summed E-state index contributed by atoms with van der Waals surface area (Å²) in [7, 11) is 0. The van der Waals surface area contributed by atoms with Gasteiger partial charge in [-0.25, -0.2) is 0 Å². The molecule has 0 radical (unpaired) electrons. The van der Waals surface area contributed by atoms with Gasteiger partial charge >= 0.3 is 5.69 Å². The van der Waals surface area contributed by atoms with E-state index in [-0.39, 0.29) is 16.0 Å². The standard InChI is InChI=1S/C12H18N2O3S/c1-8(15)10-6-9(14(16)17)11(18-10)13-5-4-12(2,3)7-13/h6,8,15H,4-5,7H2,1-3H3. The molecule has 0 aromatic carbocycles. The maximum Gasteiger partial charge on any atom is 0.304 e. The first kappa shape index (κ1) is 13.3. The van der Waals surface area contributed by atoms with Crippen LogP contribution in [0, 0.1) is 15.5 Å². The van der Waals surface area contributed by atoms with Gasteiger partial charge < -0.3 is 10.0 Å². The summed E-state index contributed by atoms with van der Waals surface area (Å²) >= 11 is 1.33. The molecule has 2 rings (SSSR count). The highest BCUT2D eigenvalue weighted by molar-refractivity contribution is 7.16. The highest BCUT2D eigenvalue weighted by Crippen LogP contribution is 2.43. The minimum atomic E-state index is -0.655. The predicted octanol–water partition coefficient (Wildman–Crippen LogP) is 2.95. The summed E-state index contributed by atoms with van der Waals surface area (Å²) < 4.78 is 0. The Balaban J connectivity index is 2.35. The molecule has 1 aliphatic heterocycles. The molecule has 1 unspecified atom stereocenters. The molecule has 1 aliphatic rings. The van der Waals surface area contributed by atoms with Crippen molar-refractivity contribution in [3.63, 3.8) is 0 Å². The quantitative estimate of drug-likeness (QED) is 0.677. The van der Waals surface area contributed by atoms with Crippen molar-refractivity contribution in [3.05, 3.63) is 21.1 Å². The van der Waals surface area contributed by atoms with Gasteiger partial charge in [-0.3, -0.25) is 10.1 Å². The van der Waals surface area contributed by atoms with E-state index in [0.29, 0.717) is 9.88 Å². The molecule has 0 amide bonds. The van der Waals surface area contributed by atoms with Gasteiger partial charge in [0.1, 0.15) is 0 Å². The third-order valence-electron chi connectivity index (χ3n) is 3.29. The first-order chi connectivity index (χ1) is 8.30. The van der Waals surface area contributed by atoms with E-state index < -0.39 is 6.10 Å². The number of aliphatic hydroxyl groups is 1. The van der Waals surface area contributed by atoms with Crippen LogP contribution in [0.4, 0.5) is 10.7 Å². The molecule has 1 aromatic rings. The van der Waals surface area contributed by atoms with Crippen LogP contribution in [0.2, 0.25) is 0 Å². The Morgan fingerprint density at radius 1 is 1.61 bits per heavy atom. The molecule has 100 valence electrons. The number of hydrogen-bond donors (Lipinski definition) is 1. The van der Waals surface area contributed by atoms with Crippen molar-refractivity contribution in [2.45, 2.75) is 33.3 Å². The van der Waals surface area contributed by atoms with Crippen LogP contribution in [0.1, 0.15) is 38.2 Å². The lowest BCUT2D eigenvalue weighted by Gasteiger charge is -2.19. The topological polar surface area (TPSA) is 66.6 Å². The molecule has 0 bridgehead atoms. The van der Waals surface area contributed by atoms with Crippen molar-refractivity contribution < 1.29 is 10.0 Å². The van der Waals surface area contributed by atoms with E-state index in [2.05, 4.69) is 18.7 Å². The van der Waals surface area contributed by atoms with Crippen molar-refractivity contribution in [1.82, 2.24) is 0 Å². The average molecular weight is 270 g/mol. The number of hydrogen-bond acceptors (Lipinski definition) is 5. The Morgan fingerprint density at radius 3 is 2.72 bits per heavy atom. The van der Waals surface area contributed by atoms with Gasteiger partial charge in [-0.15, -0.1) is 11.3 Å². The number of anilines is 1. The minimum Gasteiger partial charge on any atom is -0.388 e. The van der Waals surface area contributed by atoms with Crippen LogP contribution in [0.15, 0.2) is 6.07 Å². The summed E-state index contributed by atoms with van der Waals surface area (Å²) in [6.45, 7) is 7.64. The van der Waals surface area contributed by atoms with Crippen LogP contribution >= 0.6 is 11.3 Å². The summed E-state index contributed by atoms with van der Waals surface area (Å²) in [5.74, 6) is 0. The minimum absolute atomic E-state index is 0.119. The van der Waals surface area contributed by atoms with Crippen LogP contribution in [0.3, 0.4) is 0 Å². The monoisotopic (exact) mass is 270 g/mol. The number of nitro groups is 1. The summed E-state index contributed by atoms with van der Waals surface area (Å²) in [6, 6.07) is 1.50. The second-order valence-electron chi connectivity index (χ2n) is 5.61. The zero-order valence-electron chi connectivity index (χ0n) is 10.8. The fourth-order valence-corrected chi connectivity index (χ4v) is 3.33. The lowest BCUT2D eigenvalue weighted by Crippen LogP contribution is -2.22. The van der Waals surface area contributed by atoms with Crippen molar-refractivity contribution in [3.8, 4) is 0 Å². The Morgan fingerprint density at radius 2 is 2.28 bits per heavy atom. The molecule has 1 atom stereocenters. The molecule has 1 saturated heterocycles. The van der Waals surface area contributed by atoms with Crippen molar-refractivity contribution >= 4 is 22.0 Å². The van der Waals surface area contributed by atoms with E-state index in [9.17, 15) is 15.2 Å². The van der Waals surface area contributed by atoms with E-state index in [0.717, 1.165) is 19.5 Å². The Bertz CT molecular complexity index is 468. The summed E-state index contributed by atoms with van der Waals surface area (Å²) in [6.07, 6.45) is 0.379. The van der Waals surface area contributed by atoms with Gasteiger partial charge in [-0.2, -0.15) is 0 Å². The molecule has 1 N–H and O–H groups in total. The summed E-state index contributed by atoms with van der Waals surface area (Å²) in [5.41, 5.74) is 0.316. The van der Waals surface area contributed by atoms with Gasteiger partial charge in [0, 0.05) is 24.0 Å². The fraction of sp³-hybridized carbons (Fsp3) is 0.667. The summed E-state index contributed by atoms with van der Waals surface area (Å²) in [5, 5.41) is 21.3. The van der Waals surface area contributed by atoms with Gasteiger partial charge in [0.25, 0.3) is 0 Å². The molecular weight excluding hydrogens is 252 g/mol. The van der Waals surface area contributed by atoms with Crippen molar-refractivity contribution in [2.75, 3.05) is 18.0 Å². The predicted molar refractivity (Wildman–Crippen MR) is 72.2 cm³/mol. The molecule has 1 fully saturated rings. The van der Waals surface area contributed by atoms with Crippen LogP contribution in [-0.2, 0) is 0 Å². The third-order valence-corrected chi connectivity index (χ3v) is 4.64. The number of thiophene rings is 1.